The maximum atomic E-state index is 13.2. The highest BCUT2D eigenvalue weighted by Gasteiger charge is 2.33. The summed E-state index contributed by atoms with van der Waals surface area (Å²) < 4.78 is 45.6. The molecular weight excluding hydrogens is 363 g/mol. The third-order valence-electron chi connectivity index (χ3n) is 4.50. The van der Waals surface area contributed by atoms with E-state index in [1.807, 2.05) is 52.0 Å². The highest BCUT2D eigenvalue weighted by Crippen LogP contribution is 2.41. The molecule has 3 aromatic rings. The summed E-state index contributed by atoms with van der Waals surface area (Å²) in [6.45, 7) is 7.88. The van der Waals surface area contributed by atoms with Crippen molar-refractivity contribution in [3.05, 3.63) is 76.3 Å². The molecule has 146 valence electrons. The third kappa shape index (κ3) is 4.14. The number of hydrogen-bond donors (Lipinski definition) is 1. The van der Waals surface area contributed by atoms with Crippen LogP contribution < -0.4 is 10.5 Å². The number of halogens is 3. The highest BCUT2D eigenvalue weighted by atomic mass is 19.4. The van der Waals surface area contributed by atoms with Crippen molar-refractivity contribution >= 4 is 5.69 Å². The number of alkyl halides is 3. The Bertz CT molecular complexity index is 1020. The second-order valence-corrected chi connectivity index (χ2v) is 7.18. The molecule has 0 fully saturated rings. The molecule has 0 aliphatic heterocycles. The summed E-state index contributed by atoms with van der Waals surface area (Å²) in [5.41, 5.74) is 10.2. The molecule has 0 saturated heterocycles. The van der Waals surface area contributed by atoms with Gasteiger partial charge in [-0.2, -0.15) is 13.2 Å². The van der Waals surface area contributed by atoms with Gasteiger partial charge in [0, 0.05) is 11.3 Å². The molecule has 0 atom stereocenters. The van der Waals surface area contributed by atoms with Crippen LogP contribution in [0.15, 0.2) is 48.5 Å². The predicted molar refractivity (Wildman–Crippen MR) is 107 cm³/mol. The molecule has 0 bridgehead atoms. The van der Waals surface area contributed by atoms with Gasteiger partial charge >= 0.3 is 6.18 Å². The monoisotopic (exact) mass is 385 g/mol. The maximum absolute atomic E-state index is 13.2. The van der Waals surface area contributed by atoms with Gasteiger partial charge in [0.05, 0.1) is 5.56 Å². The van der Waals surface area contributed by atoms with Crippen molar-refractivity contribution in [3.8, 4) is 22.6 Å². The second kappa shape index (κ2) is 7.23. The van der Waals surface area contributed by atoms with Crippen molar-refractivity contribution < 1.29 is 17.9 Å². The van der Waals surface area contributed by atoms with E-state index in [1.54, 1.807) is 0 Å². The fourth-order valence-electron chi connectivity index (χ4n) is 3.40. The van der Waals surface area contributed by atoms with Crippen LogP contribution in [0.2, 0.25) is 0 Å². The van der Waals surface area contributed by atoms with Gasteiger partial charge in [0.1, 0.15) is 11.5 Å². The van der Waals surface area contributed by atoms with Gasteiger partial charge in [-0.1, -0.05) is 35.4 Å². The quantitative estimate of drug-likeness (QED) is 0.494. The smallest absolute Gasteiger partial charge is 0.418 e. The fraction of sp³-hybridized carbons (Fsp3) is 0.217. The number of aryl methyl sites for hydroxylation is 4. The number of ether oxygens (including phenoxy) is 1. The Morgan fingerprint density at radius 3 is 2.00 bits per heavy atom. The summed E-state index contributed by atoms with van der Waals surface area (Å²) in [7, 11) is 0. The Hall–Kier alpha value is -2.95. The minimum atomic E-state index is -4.54. The van der Waals surface area contributed by atoms with Crippen LogP contribution in [0.3, 0.4) is 0 Å². The first-order valence-electron chi connectivity index (χ1n) is 8.89. The third-order valence-corrected chi connectivity index (χ3v) is 4.50. The summed E-state index contributed by atoms with van der Waals surface area (Å²) in [5.74, 6) is 0.632. The number of anilines is 1. The number of hydrogen-bond acceptors (Lipinski definition) is 2. The summed E-state index contributed by atoms with van der Waals surface area (Å²) in [5, 5.41) is 0. The van der Waals surface area contributed by atoms with Gasteiger partial charge in [-0.05, 0) is 68.7 Å². The number of benzene rings is 3. The van der Waals surface area contributed by atoms with Crippen molar-refractivity contribution in [2.45, 2.75) is 33.9 Å². The molecule has 28 heavy (non-hydrogen) atoms. The van der Waals surface area contributed by atoms with Crippen molar-refractivity contribution in [1.82, 2.24) is 0 Å². The minimum Gasteiger partial charge on any atom is -0.456 e. The Morgan fingerprint density at radius 1 is 0.786 bits per heavy atom. The van der Waals surface area contributed by atoms with Gasteiger partial charge in [0.15, 0.2) is 0 Å². The number of nitrogens with two attached hydrogens (primary N) is 1. The molecule has 0 spiro atoms. The van der Waals surface area contributed by atoms with E-state index >= 15 is 0 Å². The van der Waals surface area contributed by atoms with E-state index in [-0.39, 0.29) is 11.4 Å². The zero-order chi connectivity index (χ0) is 20.6. The number of nitrogen functional groups attached to an aromatic ring is 1. The molecule has 0 saturated carbocycles. The first kappa shape index (κ1) is 19.8. The lowest BCUT2D eigenvalue weighted by Crippen LogP contribution is -2.09. The SMILES string of the molecule is Cc1cc(C)cc(-c2cc(C)cc(C)c2Oc2ccc(N)c(C(F)(F)F)c2)c1. The van der Waals surface area contributed by atoms with Gasteiger partial charge in [0.2, 0.25) is 0 Å². The van der Waals surface area contributed by atoms with Crippen molar-refractivity contribution in [2.24, 2.45) is 0 Å². The molecule has 0 radical (unpaired) electrons. The van der Waals surface area contributed by atoms with Crippen LogP contribution in [0.1, 0.15) is 27.8 Å². The van der Waals surface area contributed by atoms with Crippen molar-refractivity contribution in [1.29, 1.82) is 0 Å². The van der Waals surface area contributed by atoms with E-state index in [2.05, 4.69) is 6.07 Å². The van der Waals surface area contributed by atoms with Crippen LogP contribution in [-0.4, -0.2) is 0 Å². The van der Waals surface area contributed by atoms with Crippen LogP contribution in [0, 0.1) is 27.7 Å². The molecule has 0 unspecified atom stereocenters. The molecule has 2 nitrogen and oxygen atoms in total. The Kier molecular flexibility index (Phi) is 5.11. The van der Waals surface area contributed by atoms with Gasteiger partial charge in [-0.3, -0.25) is 0 Å². The fourth-order valence-corrected chi connectivity index (χ4v) is 3.40. The van der Waals surface area contributed by atoms with E-state index in [4.69, 9.17) is 10.5 Å². The summed E-state index contributed by atoms with van der Waals surface area (Å²) in [6.07, 6.45) is -4.54. The molecule has 0 aromatic heterocycles. The summed E-state index contributed by atoms with van der Waals surface area (Å²) in [6, 6.07) is 13.7. The van der Waals surface area contributed by atoms with Gasteiger partial charge in [-0.25, -0.2) is 0 Å². The molecule has 0 amide bonds. The second-order valence-electron chi connectivity index (χ2n) is 7.18. The average Bonchev–Trinajstić information content (AvgIpc) is 2.56. The predicted octanol–water partition coefficient (Wildman–Crippen LogP) is 6.98. The van der Waals surface area contributed by atoms with Crippen molar-refractivity contribution in [3.63, 3.8) is 0 Å². The van der Waals surface area contributed by atoms with E-state index in [0.717, 1.165) is 39.4 Å². The van der Waals surface area contributed by atoms with Gasteiger partial charge in [0.25, 0.3) is 0 Å². The summed E-state index contributed by atoms with van der Waals surface area (Å²) >= 11 is 0. The van der Waals surface area contributed by atoms with Gasteiger partial charge in [-0.15, -0.1) is 0 Å². The molecule has 0 aliphatic carbocycles. The van der Waals surface area contributed by atoms with Crippen molar-refractivity contribution in [2.75, 3.05) is 5.73 Å². The van der Waals surface area contributed by atoms with Crippen LogP contribution >= 0.6 is 0 Å². The summed E-state index contributed by atoms with van der Waals surface area (Å²) in [4.78, 5) is 0. The maximum Gasteiger partial charge on any atom is 0.418 e. The van der Waals surface area contributed by atoms with Crippen LogP contribution in [0.4, 0.5) is 18.9 Å². The number of rotatable bonds is 3. The molecule has 0 heterocycles. The molecule has 5 heteroatoms. The zero-order valence-corrected chi connectivity index (χ0v) is 16.2. The molecule has 2 N–H and O–H groups in total. The molecule has 0 aliphatic rings. The Morgan fingerprint density at radius 2 is 1.39 bits per heavy atom. The lowest BCUT2D eigenvalue weighted by Gasteiger charge is -2.18. The largest absolute Gasteiger partial charge is 0.456 e. The first-order chi connectivity index (χ1) is 13.0. The lowest BCUT2D eigenvalue weighted by atomic mass is 9.96. The highest BCUT2D eigenvalue weighted by molar-refractivity contribution is 5.74. The zero-order valence-electron chi connectivity index (χ0n) is 16.2. The Labute approximate surface area is 162 Å². The van der Waals surface area contributed by atoms with Crippen LogP contribution in [0.5, 0.6) is 11.5 Å². The van der Waals surface area contributed by atoms with Crippen LogP contribution in [-0.2, 0) is 6.18 Å². The molecule has 3 rings (SSSR count). The Balaban J connectivity index is 2.13. The minimum absolute atomic E-state index is 0.0964. The molecular formula is C23H22F3NO. The van der Waals surface area contributed by atoms with Gasteiger partial charge < -0.3 is 10.5 Å². The topological polar surface area (TPSA) is 35.2 Å². The lowest BCUT2D eigenvalue weighted by molar-refractivity contribution is -0.137. The van der Waals surface area contributed by atoms with E-state index in [9.17, 15) is 13.2 Å². The van der Waals surface area contributed by atoms with Crippen LogP contribution in [0.25, 0.3) is 11.1 Å². The van der Waals surface area contributed by atoms with E-state index in [1.165, 1.54) is 12.1 Å². The first-order valence-corrected chi connectivity index (χ1v) is 8.89. The normalized spacial score (nSPS) is 11.5. The van der Waals surface area contributed by atoms with E-state index in [0.29, 0.717) is 5.75 Å². The van der Waals surface area contributed by atoms with E-state index < -0.39 is 11.7 Å². The average molecular weight is 385 g/mol. The standard InChI is InChI=1S/C23H22F3NO/c1-13-7-14(2)10-17(9-13)19-11-15(3)8-16(4)22(19)28-18-5-6-21(27)20(12-18)23(24,25)26/h5-12H,27H2,1-4H3. The molecule has 3 aromatic carbocycles.